The molecular weight excluding hydrogens is 204 g/mol. The van der Waals surface area contributed by atoms with Crippen molar-refractivity contribution in [1.29, 1.82) is 0 Å². The molecule has 0 fully saturated rings. The van der Waals surface area contributed by atoms with Gasteiger partial charge in [-0.1, -0.05) is 12.2 Å². The molecule has 0 radical (unpaired) electrons. The van der Waals surface area contributed by atoms with Gasteiger partial charge in [0.05, 0.1) is 19.8 Å². The predicted molar refractivity (Wildman–Crippen MR) is 62.3 cm³/mol. The number of carbonyl (C=O) groups is 1. The third kappa shape index (κ3) is 1.58. The molecule has 1 aromatic rings. The summed E-state index contributed by atoms with van der Waals surface area (Å²) >= 11 is 0. The van der Waals surface area contributed by atoms with Gasteiger partial charge < -0.3 is 9.47 Å². The van der Waals surface area contributed by atoms with Gasteiger partial charge in [0.15, 0.2) is 6.29 Å². The third-order valence-electron chi connectivity index (χ3n) is 2.81. The Morgan fingerprint density at radius 3 is 2.75 bits per heavy atom. The van der Waals surface area contributed by atoms with Crippen LogP contribution in [-0.2, 0) is 6.42 Å². The average Bonchev–Trinajstić information content (AvgIpc) is 2.36. The first kappa shape index (κ1) is 10.7. The summed E-state index contributed by atoms with van der Waals surface area (Å²) in [6, 6.07) is 1.72. The first-order chi connectivity index (χ1) is 7.81. The smallest absolute Gasteiger partial charge is 0.153 e. The van der Waals surface area contributed by atoms with Crippen LogP contribution in [0.2, 0.25) is 0 Å². The standard InChI is InChI=1S/C13H14O3/c1-15-12-7-9(8-14)13(16-2)11-6-4-3-5-10(11)12/h3,5,7-8H,4,6H2,1-2H3. The highest BCUT2D eigenvalue weighted by atomic mass is 16.5. The summed E-state index contributed by atoms with van der Waals surface area (Å²) in [7, 11) is 3.20. The van der Waals surface area contributed by atoms with E-state index >= 15 is 0 Å². The van der Waals surface area contributed by atoms with Gasteiger partial charge in [0.25, 0.3) is 0 Å². The number of aldehydes is 1. The number of benzene rings is 1. The maximum atomic E-state index is 11.0. The summed E-state index contributed by atoms with van der Waals surface area (Å²) in [4.78, 5) is 11.0. The van der Waals surface area contributed by atoms with Crippen molar-refractivity contribution in [2.75, 3.05) is 14.2 Å². The van der Waals surface area contributed by atoms with Gasteiger partial charge in [-0.15, -0.1) is 0 Å². The second kappa shape index (κ2) is 4.39. The molecule has 0 aromatic heterocycles. The Bertz CT molecular complexity index is 447. The van der Waals surface area contributed by atoms with Crippen molar-refractivity contribution in [3.63, 3.8) is 0 Å². The van der Waals surface area contributed by atoms with E-state index in [-0.39, 0.29) is 0 Å². The first-order valence-electron chi connectivity index (χ1n) is 5.21. The second-order valence-electron chi connectivity index (χ2n) is 3.65. The van der Waals surface area contributed by atoms with E-state index < -0.39 is 0 Å². The number of rotatable bonds is 3. The molecule has 1 aromatic carbocycles. The minimum atomic E-state index is 0.549. The fourth-order valence-electron chi connectivity index (χ4n) is 2.09. The molecule has 1 aliphatic rings. The summed E-state index contributed by atoms with van der Waals surface area (Å²) in [6.45, 7) is 0. The van der Waals surface area contributed by atoms with E-state index in [1.807, 2.05) is 6.08 Å². The van der Waals surface area contributed by atoms with Crippen LogP contribution in [0.3, 0.4) is 0 Å². The zero-order valence-corrected chi connectivity index (χ0v) is 9.45. The van der Waals surface area contributed by atoms with Gasteiger partial charge in [0.1, 0.15) is 11.5 Å². The van der Waals surface area contributed by atoms with Crippen molar-refractivity contribution in [3.8, 4) is 11.5 Å². The van der Waals surface area contributed by atoms with Gasteiger partial charge in [-0.2, -0.15) is 0 Å². The van der Waals surface area contributed by atoms with Crippen LogP contribution in [0.4, 0.5) is 0 Å². The lowest BCUT2D eigenvalue weighted by molar-refractivity contribution is 0.112. The van der Waals surface area contributed by atoms with Crippen molar-refractivity contribution in [1.82, 2.24) is 0 Å². The highest BCUT2D eigenvalue weighted by molar-refractivity contribution is 5.84. The number of carbonyl (C=O) groups excluding carboxylic acids is 1. The van der Waals surface area contributed by atoms with Crippen LogP contribution in [0.1, 0.15) is 27.9 Å². The van der Waals surface area contributed by atoms with Gasteiger partial charge >= 0.3 is 0 Å². The van der Waals surface area contributed by atoms with E-state index in [9.17, 15) is 4.79 Å². The molecular formula is C13H14O3. The van der Waals surface area contributed by atoms with E-state index in [2.05, 4.69) is 6.08 Å². The van der Waals surface area contributed by atoms with Crippen LogP contribution >= 0.6 is 0 Å². The van der Waals surface area contributed by atoms with Crippen molar-refractivity contribution in [2.45, 2.75) is 12.8 Å². The molecule has 0 saturated carbocycles. The largest absolute Gasteiger partial charge is 0.496 e. The fourth-order valence-corrected chi connectivity index (χ4v) is 2.09. The molecule has 0 bridgehead atoms. The highest BCUT2D eigenvalue weighted by Crippen LogP contribution is 2.37. The molecule has 0 heterocycles. The third-order valence-corrected chi connectivity index (χ3v) is 2.81. The lowest BCUT2D eigenvalue weighted by Crippen LogP contribution is -2.04. The molecule has 0 N–H and O–H groups in total. The lowest BCUT2D eigenvalue weighted by atomic mass is 9.93. The normalized spacial score (nSPS) is 13.1. The first-order valence-corrected chi connectivity index (χ1v) is 5.21. The second-order valence-corrected chi connectivity index (χ2v) is 3.65. The topological polar surface area (TPSA) is 35.5 Å². The van der Waals surface area contributed by atoms with Crippen LogP contribution in [0, 0.1) is 0 Å². The number of methoxy groups -OCH3 is 2. The van der Waals surface area contributed by atoms with Gasteiger partial charge in [-0.05, 0) is 18.9 Å². The Labute approximate surface area is 94.7 Å². The van der Waals surface area contributed by atoms with Crippen molar-refractivity contribution in [2.24, 2.45) is 0 Å². The minimum absolute atomic E-state index is 0.549. The summed E-state index contributed by atoms with van der Waals surface area (Å²) in [6.07, 6.45) is 6.78. The number of hydrogen-bond donors (Lipinski definition) is 0. The summed E-state index contributed by atoms with van der Waals surface area (Å²) in [5, 5.41) is 0. The molecule has 3 nitrogen and oxygen atoms in total. The highest BCUT2D eigenvalue weighted by Gasteiger charge is 2.18. The van der Waals surface area contributed by atoms with Crippen LogP contribution < -0.4 is 9.47 Å². The SMILES string of the molecule is COc1cc(C=O)c(OC)c2c1C=CCC2. The van der Waals surface area contributed by atoms with Crippen molar-refractivity contribution >= 4 is 12.4 Å². The monoisotopic (exact) mass is 218 g/mol. The van der Waals surface area contributed by atoms with E-state index in [0.717, 1.165) is 36.0 Å². The van der Waals surface area contributed by atoms with Gasteiger partial charge in [0.2, 0.25) is 0 Å². The maximum Gasteiger partial charge on any atom is 0.153 e. The molecule has 0 spiro atoms. The van der Waals surface area contributed by atoms with Crippen LogP contribution in [0.15, 0.2) is 12.1 Å². The maximum absolute atomic E-state index is 11.0. The average molecular weight is 218 g/mol. The molecule has 16 heavy (non-hydrogen) atoms. The molecule has 0 unspecified atom stereocenters. The summed E-state index contributed by atoms with van der Waals surface area (Å²) < 4.78 is 10.6. The summed E-state index contributed by atoms with van der Waals surface area (Å²) in [5.74, 6) is 1.41. The molecule has 0 saturated heterocycles. The Morgan fingerprint density at radius 2 is 2.12 bits per heavy atom. The Morgan fingerprint density at radius 1 is 1.31 bits per heavy atom. The van der Waals surface area contributed by atoms with E-state index in [1.54, 1.807) is 20.3 Å². The molecule has 0 aliphatic heterocycles. The van der Waals surface area contributed by atoms with E-state index in [1.165, 1.54) is 0 Å². The zero-order chi connectivity index (χ0) is 11.5. The van der Waals surface area contributed by atoms with Gasteiger partial charge in [0, 0.05) is 11.1 Å². The van der Waals surface area contributed by atoms with Crippen LogP contribution in [0.5, 0.6) is 11.5 Å². The molecule has 1 aliphatic carbocycles. The fraction of sp³-hybridized carbons (Fsp3) is 0.308. The minimum Gasteiger partial charge on any atom is -0.496 e. The van der Waals surface area contributed by atoms with Crippen LogP contribution in [0.25, 0.3) is 6.08 Å². The molecule has 84 valence electrons. The quantitative estimate of drug-likeness (QED) is 0.731. The Balaban J connectivity index is 2.70. The number of fused-ring (bicyclic) bond motifs is 1. The number of allylic oxidation sites excluding steroid dienone is 1. The number of hydrogen-bond acceptors (Lipinski definition) is 3. The summed E-state index contributed by atoms with van der Waals surface area (Å²) in [5.41, 5.74) is 2.64. The molecule has 3 heteroatoms. The van der Waals surface area contributed by atoms with Gasteiger partial charge in [-0.3, -0.25) is 4.79 Å². The predicted octanol–water partition coefficient (Wildman–Crippen LogP) is 2.48. The number of ether oxygens (including phenoxy) is 2. The van der Waals surface area contributed by atoms with Crippen molar-refractivity contribution in [3.05, 3.63) is 28.8 Å². The molecule has 2 rings (SSSR count). The van der Waals surface area contributed by atoms with E-state index in [0.29, 0.717) is 11.3 Å². The molecule has 0 amide bonds. The molecule has 0 atom stereocenters. The van der Waals surface area contributed by atoms with Crippen molar-refractivity contribution < 1.29 is 14.3 Å². The van der Waals surface area contributed by atoms with E-state index in [4.69, 9.17) is 9.47 Å². The lowest BCUT2D eigenvalue weighted by Gasteiger charge is -2.19. The van der Waals surface area contributed by atoms with Crippen LogP contribution in [-0.4, -0.2) is 20.5 Å². The zero-order valence-electron chi connectivity index (χ0n) is 9.45. The Kier molecular flexibility index (Phi) is 2.95. The Hall–Kier alpha value is -1.77. The van der Waals surface area contributed by atoms with Gasteiger partial charge in [-0.25, -0.2) is 0 Å².